The predicted octanol–water partition coefficient (Wildman–Crippen LogP) is 1.04. The van der Waals surface area contributed by atoms with Crippen molar-refractivity contribution in [2.75, 3.05) is 40.4 Å². The second kappa shape index (κ2) is 9.05. The SMILES string of the molecule is CN(C)CC(C)(C)CNC(=O)C1(N)CCOCC1.Cl.Cl. The summed E-state index contributed by atoms with van der Waals surface area (Å²) in [6.45, 7) is 6.99. The van der Waals surface area contributed by atoms with Gasteiger partial charge in [0.1, 0.15) is 0 Å². The van der Waals surface area contributed by atoms with Gasteiger partial charge >= 0.3 is 0 Å². The molecule has 1 fully saturated rings. The summed E-state index contributed by atoms with van der Waals surface area (Å²) in [5, 5.41) is 2.99. The summed E-state index contributed by atoms with van der Waals surface area (Å²) in [4.78, 5) is 14.3. The van der Waals surface area contributed by atoms with E-state index < -0.39 is 5.54 Å². The maximum atomic E-state index is 12.1. The highest BCUT2D eigenvalue weighted by atomic mass is 35.5. The van der Waals surface area contributed by atoms with Crippen molar-refractivity contribution in [2.45, 2.75) is 32.2 Å². The first kappa shape index (κ1) is 22.2. The van der Waals surface area contributed by atoms with Crippen molar-refractivity contribution in [3.63, 3.8) is 0 Å². The summed E-state index contributed by atoms with van der Waals surface area (Å²) in [5.74, 6) is -0.0439. The minimum Gasteiger partial charge on any atom is -0.381 e. The van der Waals surface area contributed by atoms with Gasteiger partial charge in [-0.25, -0.2) is 0 Å². The van der Waals surface area contributed by atoms with E-state index in [2.05, 4.69) is 24.1 Å². The topological polar surface area (TPSA) is 67.6 Å². The maximum absolute atomic E-state index is 12.1. The Kier molecular flexibility index (Phi) is 10.1. The molecule has 1 heterocycles. The molecule has 3 N–H and O–H groups in total. The summed E-state index contributed by atoms with van der Waals surface area (Å²) in [7, 11) is 4.07. The second-order valence-electron chi connectivity index (χ2n) is 6.35. The molecule has 0 radical (unpaired) electrons. The first-order valence-electron chi connectivity index (χ1n) is 6.55. The lowest BCUT2D eigenvalue weighted by molar-refractivity contribution is -0.130. The molecule has 1 saturated heterocycles. The third kappa shape index (κ3) is 7.09. The Hall–Kier alpha value is -0.0700. The highest BCUT2D eigenvalue weighted by Crippen LogP contribution is 2.19. The summed E-state index contributed by atoms with van der Waals surface area (Å²) in [6.07, 6.45) is 1.21. The van der Waals surface area contributed by atoms with Crippen molar-refractivity contribution in [3.8, 4) is 0 Å². The molecule has 0 aromatic carbocycles. The summed E-state index contributed by atoms with van der Waals surface area (Å²) in [5.41, 5.74) is 5.43. The minimum atomic E-state index is -0.744. The van der Waals surface area contributed by atoms with E-state index in [0.29, 0.717) is 32.6 Å². The Morgan fingerprint density at radius 2 is 1.80 bits per heavy atom. The van der Waals surface area contributed by atoms with E-state index in [1.54, 1.807) is 0 Å². The molecule has 0 aromatic rings. The van der Waals surface area contributed by atoms with Crippen LogP contribution in [0.15, 0.2) is 0 Å². The Bertz CT molecular complexity index is 293. The molecule has 0 unspecified atom stereocenters. The number of ether oxygens (including phenoxy) is 1. The molecular weight excluding hydrogens is 301 g/mol. The number of halogens is 2. The van der Waals surface area contributed by atoms with E-state index in [-0.39, 0.29) is 36.1 Å². The van der Waals surface area contributed by atoms with Crippen molar-refractivity contribution in [1.29, 1.82) is 0 Å². The Morgan fingerprint density at radius 1 is 1.30 bits per heavy atom. The van der Waals surface area contributed by atoms with Crippen LogP contribution in [0.3, 0.4) is 0 Å². The molecule has 0 bridgehead atoms. The molecule has 0 aliphatic carbocycles. The van der Waals surface area contributed by atoms with Crippen LogP contribution < -0.4 is 11.1 Å². The van der Waals surface area contributed by atoms with E-state index in [0.717, 1.165) is 6.54 Å². The number of nitrogens with one attached hydrogen (secondary N) is 1. The highest BCUT2D eigenvalue weighted by molar-refractivity contribution is 5.86. The standard InChI is InChI=1S/C13H27N3O2.2ClH/c1-12(2,10-16(3)4)9-15-11(17)13(14)5-7-18-8-6-13;;/h5-10,14H2,1-4H3,(H,15,17);2*1H. The van der Waals surface area contributed by atoms with Crippen molar-refractivity contribution >= 4 is 30.7 Å². The quantitative estimate of drug-likeness (QED) is 0.790. The van der Waals surface area contributed by atoms with Crippen LogP contribution in [0.4, 0.5) is 0 Å². The van der Waals surface area contributed by atoms with E-state index >= 15 is 0 Å². The van der Waals surface area contributed by atoms with Gasteiger partial charge in [-0.1, -0.05) is 13.8 Å². The Balaban J connectivity index is 0. The zero-order valence-corrected chi connectivity index (χ0v) is 14.5. The fourth-order valence-electron chi connectivity index (χ4n) is 2.37. The van der Waals surface area contributed by atoms with Gasteiger partial charge in [-0.15, -0.1) is 24.8 Å². The van der Waals surface area contributed by atoms with Crippen LogP contribution >= 0.6 is 24.8 Å². The maximum Gasteiger partial charge on any atom is 0.240 e. The zero-order valence-electron chi connectivity index (χ0n) is 12.9. The molecule has 5 nitrogen and oxygen atoms in total. The molecule has 20 heavy (non-hydrogen) atoms. The molecule has 1 aliphatic rings. The lowest BCUT2D eigenvalue weighted by Crippen LogP contribution is -2.58. The number of carbonyl (C=O) groups excluding carboxylic acids is 1. The molecule has 1 aliphatic heterocycles. The van der Waals surface area contributed by atoms with Crippen molar-refractivity contribution in [2.24, 2.45) is 11.1 Å². The van der Waals surface area contributed by atoms with Crippen LogP contribution in [0.25, 0.3) is 0 Å². The molecule has 122 valence electrons. The summed E-state index contributed by atoms with van der Waals surface area (Å²) < 4.78 is 5.25. The van der Waals surface area contributed by atoms with Crippen LogP contribution in [-0.4, -0.2) is 56.7 Å². The number of amides is 1. The van der Waals surface area contributed by atoms with Crippen LogP contribution in [0.5, 0.6) is 0 Å². The third-order valence-corrected chi connectivity index (χ3v) is 3.31. The lowest BCUT2D eigenvalue weighted by atomic mass is 9.88. The summed E-state index contributed by atoms with van der Waals surface area (Å²) in [6, 6.07) is 0. The van der Waals surface area contributed by atoms with Gasteiger partial charge in [0, 0.05) is 26.3 Å². The second-order valence-corrected chi connectivity index (χ2v) is 6.35. The fourth-order valence-corrected chi connectivity index (χ4v) is 2.37. The number of nitrogens with two attached hydrogens (primary N) is 1. The van der Waals surface area contributed by atoms with Gasteiger partial charge < -0.3 is 20.7 Å². The van der Waals surface area contributed by atoms with Crippen molar-refractivity contribution in [1.82, 2.24) is 10.2 Å². The van der Waals surface area contributed by atoms with Gasteiger partial charge in [0.05, 0.1) is 5.54 Å². The number of rotatable bonds is 5. The number of nitrogens with zero attached hydrogens (tertiary/aromatic N) is 1. The number of carbonyl (C=O) groups is 1. The lowest BCUT2D eigenvalue weighted by Gasteiger charge is -2.34. The minimum absolute atomic E-state index is 0. The molecule has 0 spiro atoms. The predicted molar refractivity (Wildman–Crippen MR) is 86.8 cm³/mol. The van der Waals surface area contributed by atoms with Crippen LogP contribution in [0.2, 0.25) is 0 Å². The van der Waals surface area contributed by atoms with Crippen LogP contribution in [0, 0.1) is 5.41 Å². The van der Waals surface area contributed by atoms with Crippen LogP contribution in [-0.2, 0) is 9.53 Å². The van der Waals surface area contributed by atoms with E-state index in [9.17, 15) is 4.79 Å². The average Bonchev–Trinajstić information content (AvgIpc) is 2.25. The van der Waals surface area contributed by atoms with Crippen molar-refractivity contribution in [3.05, 3.63) is 0 Å². The first-order valence-corrected chi connectivity index (χ1v) is 6.55. The molecule has 0 atom stereocenters. The number of hydrogen-bond donors (Lipinski definition) is 2. The average molecular weight is 330 g/mol. The normalized spacial score (nSPS) is 17.9. The van der Waals surface area contributed by atoms with Gasteiger partial charge in [-0.05, 0) is 32.4 Å². The third-order valence-electron chi connectivity index (χ3n) is 3.31. The molecule has 0 saturated carbocycles. The Morgan fingerprint density at radius 3 is 2.25 bits per heavy atom. The van der Waals surface area contributed by atoms with Gasteiger partial charge in [0.15, 0.2) is 0 Å². The zero-order chi connectivity index (χ0) is 13.8. The van der Waals surface area contributed by atoms with Gasteiger partial charge in [-0.2, -0.15) is 0 Å². The van der Waals surface area contributed by atoms with E-state index in [4.69, 9.17) is 10.5 Å². The van der Waals surface area contributed by atoms with Crippen LogP contribution in [0.1, 0.15) is 26.7 Å². The molecular formula is C13H29Cl2N3O2. The van der Waals surface area contributed by atoms with Gasteiger partial charge in [0.25, 0.3) is 0 Å². The van der Waals surface area contributed by atoms with Crippen molar-refractivity contribution < 1.29 is 9.53 Å². The number of hydrogen-bond acceptors (Lipinski definition) is 4. The molecule has 1 amide bonds. The molecule has 1 rings (SSSR count). The molecule has 7 heteroatoms. The van der Waals surface area contributed by atoms with Gasteiger partial charge in [0.2, 0.25) is 5.91 Å². The first-order chi connectivity index (χ1) is 8.25. The highest BCUT2D eigenvalue weighted by Gasteiger charge is 2.36. The van der Waals surface area contributed by atoms with E-state index in [1.165, 1.54) is 0 Å². The monoisotopic (exact) mass is 329 g/mol. The molecule has 0 aromatic heterocycles. The van der Waals surface area contributed by atoms with Gasteiger partial charge in [-0.3, -0.25) is 4.79 Å². The summed E-state index contributed by atoms with van der Waals surface area (Å²) >= 11 is 0. The Labute approximate surface area is 134 Å². The largest absolute Gasteiger partial charge is 0.381 e. The van der Waals surface area contributed by atoms with E-state index in [1.807, 2.05) is 14.1 Å². The smallest absolute Gasteiger partial charge is 0.240 e. The fraction of sp³-hybridized carbons (Fsp3) is 0.923.